The number of H-pyrrole nitrogens is 1. The summed E-state index contributed by atoms with van der Waals surface area (Å²) >= 11 is 0. The van der Waals surface area contributed by atoms with Crippen molar-refractivity contribution < 1.29 is 29.2 Å². The molecule has 0 spiro atoms. The highest BCUT2D eigenvalue weighted by atomic mass is 16.6. The molecular weight excluding hydrogens is 484 g/mol. The predicted octanol–water partition coefficient (Wildman–Crippen LogP) is 4.75. The first-order valence-corrected chi connectivity index (χ1v) is 12.7. The Labute approximate surface area is 221 Å². The number of amides is 1. The van der Waals surface area contributed by atoms with Gasteiger partial charge in [-0.05, 0) is 73.0 Å². The maximum absolute atomic E-state index is 13.5. The fourth-order valence-electron chi connectivity index (χ4n) is 4.90. The van der Waals surface area contributed by atoms with Crippen LogP contribution < -0.4 is 14.2 Å². The van der Waals surface area contributed by atoms with Gasteiger partial charge in [-0.15, -0.1) is 0 Å². The smallest absolute Gasteiger partial charge is 0.416 e. The van der Waals surface area contributed by atoms with Crippen molar-refractivity contribution in [2.75, 3.05) is 26.9 Å². The van der Waals surface area contributed by atoms with E-state index < -0.39 is 12.2 Å². The lowest BCUT2D eigenvalue weighted by Gasteiger charge is -2.35. The third-order valence-electron chi connectivity index (χ3n) is 6.91. The number of aryl methyl sites for hydroxylation is 1. The summed E-state index contributed by atoms with van der Waals surface area (Å²) in [6.07, 6.45) is -0.185. The van der Waals surface area contributed by atoms with Crippen LogP contribution in [0.1, 0.15) is 34.8 Å². The minimum Gasteiger partial charge on any atom is -0.497 e. The van der Waals surface area contributed by atoms with Gasteiger partial charge in [0.15, 0.2) is 0 Å². The molecule has 4 aromatic rings. The number of aliphatic hydroxyl groups excluding tert-OH is 2. The van der Waals surface area contributed by atoms with Gasteiger partial charge in [-0.2, -0.15) is 0 Å². The van der Waals surface area contributed by atoms with Crippen molar-refractivity contribution in [1.82, 2.24) is 9.88 Å². The van der Waals surface area contributed by atoms with E-state index >= 15 is 0 Å². The van der Waals surface area contributed by atoms with Crippen molar-refractivity contribution in [2.45, 2.75) is 31.9 Å². The molecule has 5 rings (SSSR count). The second kappa shape index (κ2) is 11.2. The zero-order valence-corrected chi connectivity index (χ0v) is 21.5. The Morgan fingerprint density at radius 3 is 2.47 bits per heavy atom. The summed E-state index contributed by atoms with van der Waals surface area (Å²) in [7, 11) is 1.59. The van der Waals surface area contributed by atoms with Crippen LogP contribution in [0.5, 0.6) is 17.2 Å². The molecule has 0 saturated heterocycles. The average Bonchev–Trinajstić information content (AvgIpc) is 3.31. The third-order valence-corrected chi connectivity index (χ3v) is 6.91. The molecule has 0 bridgehead atoms. The molecule has 1 aliphatic rings. The first kappa shape index (κ1) is 25.6. The minimum atomic E-state index is -0.800. The van der Waals surface area contributed by atoms with E-state index in [2.05, 4.69) is 30.1 Å². The highest BCUT2D eigenvalue weighted by Gasteiger charge is 2.35. The molecule has 2 unspecified atom stereocenters. The minimum absolute atomic E-state index is 0.288. The molecule has 0 aliphatic carbocycles. The normalized spacial score (nSPS) is 15.7. The summed E-state index contributed by atoms with van der Waals surface area (Å²) in [5.74, 6) is 1.78. The molecule has 1 amide bonds. The fraction of sp³-hybridized carbons (Fsp3) is 0.300. The molecule has 2 heterocycles. The lowest BCUT2D eigenvalue weighted by molar-refractivity contribution is 0.0754. The van der Waals surface area contributed by atoms with Crippen LogP contribution >= 0.6 is 0 Å². The summed E-state index contributed by atoms with van der Waals surface area (Å²) in [6.45, 7) is 2.58. The Hall–Kier alpha value is -4.01. The number of carbonyl (C=O) groups is 1. The average molecular weight is 517 g/mol. The summed E-state index contributed by atoms with van der Waals surface area (Å²) in [4.78, 5) is 18.8. The van der Waals surface area contributed by atoms with Crippen LogP contribution in [0.2, 0.25) is 0 Å². The number of nitrogens with one attached hydrogen (secondary N) is 1. The third kappa shape index (κ3) is 5.32. The van der Waals surface area contributed by atoms with Gasteiger partial charge in [0.05, 0.1) is 26.4 Å². The van der Waals surface area contributed by atoms with Crippen molar-refractivity contribution in [3.05, 3.63) is 89.1 Å². The van der Waals surface area contributed by atoms with Crippen molar-refractivity contribution in [1.29, 1.82) is 0 Å². The fourth-order valence-corrected chi connectivity index (χ4v) is 4.90. The quantitative estimate of drug-likeness (QED) is 0.312. The summed E-state index contributed by atoms with van der Waals surface area (Å²) in [5.41, 5.74) is 5.33. The number of fused-ring (bicyclic) bond motifs is 3. The number of rotatable bonds is 8. The topological polar surface area (TPSA) is 104 Å². The Bertz CT molecular complexity index is 1400. The predicted molar refractivity (Wildman–Crippen MR) is 144 cm³/mol. The zero-order chi connectivity index (χ0) is 26.6. The molecule has 0 saturated carbocycles. The summed E-state index contributed by atoms with van der Waals surface area (Å²) < 4.78 is 16.7. The highest BCUT2D eigenvalue weighted by Crippen LogP contribution is 2.39. The number of ether oxygens (including phenoxy) is 3. The molecule has 3 N–H and O–H groups in total. The standard InChI is InChI=1S/C30H32N2O6/c1-19-3-12-27-26(17-19)25-13-15-32(30(35)38-24-10-8-22(36-2)9-11-24)29(28(25)31-27)20-4-6-23(7-5-20)37-16-14-21(34)18-33/h3-12,17,21,29,31,33-34H,13-16,18H2,1-2H3. The van der Waals surface area contributed by atoms with E-state index in [0.29, 0.717) is 36.6 Å². The van der Waals surface area contributed by atoms with Gasteiger partial charge in [-0.25, -0.2) is 4.79 Å². The first-order valence-electron chi connectivity index (χ1n) is 12.7. The van der Waals surface area contributed by atoms with Gasteiger partial charge >= 0.3 is 6.09 Å². The van der Waals surface area contributed by atoms with Gasteiger partial charge in [-0.1, -0.05) is 23.8 Å². The van der Waals surface area contributed by atoms with Gasteiger partial charge in [-0.3, -0.25) is 4.90 Å². The Kier molecular flexibility index (Phi) is 7.53. The van der Waals surface area contributed by atoms with Crippen LogP contribution in [0.15, 0.2) is 66.7 Å². The number of hydrogen-bond acceptors (Lipinski definition) is 6. The van der Waals surface area contributed by atoms with E-state index in [9.17, 15) is 9.90 Å². The van der Waals surface area contributed by atoms with Gasteiger partial charge < -0.3 is 29.4 Å². The highest BCUT2D eigenvalue weighted by molar-refractivity contribution is 5.87. The second-order valence-electron chi connectivity index (χ2n) is 9.50. The van der Waals surface area contributed by atoms with Gasteiger partial charge in [0, 0.05) is 29.6 Å². The number of methoxy groups -OCH3 is 1. The molecule has 1 aromatic heterocycles. The largest absolute Gasteiger partial charge is 0.497 e. The SMILES string of the molecule is COc1ccc(OC(=O)N2CCc3c([nH]c4ccc(C)cc34)C2c2ccc(OCCC(O)CO)cc2)cc1. The number of carbonyl (C=O) groups excluding carboxylic acids is 1. The Morgan fingerprint density at radius 2 is 1.76 bits per heavy atom. The maximum Gasteiger partial charge on any atom is 0.416 e. The van der Waals surface area contributed by atoms with Crippen molar-refractivity contribution in [3.8, 4) is 17.2 Å². The Morgan fingerprint density at radius 1 is 1.05 bits per heavy atom. The van der Waals surface area contributed by atoms with Gasteiger partial charge in [0.2, 0.25) is 0 Å². The van der Waals surface area contributed by atoms with Crippen molar-refractivity contribution >= 4 is 17.0 Å². The van der Waals surface area contributed by atoms with Gasteiger partial charge in [0.25, 0.3) is 0 Å². The lowest BCUT2D eigenvalue weighted by atomic mass is 9.92. The first-order chi connectivity index (χ1) is 18.5. The maximum atomic E-state index is 13.5. The monoisotopic (exact) mass is 516 g/mol. The molecule has 0 fully saturated rings. The molecule has 1 aliphatic heterocycles. The number of aromatic nitrogens is 1. The summed E-state index contributed by atoms with van der Waals surface area (Å²) in [5, 5.41) is 19.7. The van der Waals surface area contributed by atoms with E-state index in [1.807, 2.05) is 24.3 Å². The number of aliphatic hydroxyl groups is 2. The molecular formula is C30H32N2O6. The molecule has 2 atom stereocenters. The van der Waals surface area contributed by atoms with Crippen LogP contribution in [0.25, 0.3) is 10.9 Å². The van der Waals surface area contributed by atoms with E-state index in [1.54, 1.807) is 36.3 Å². The van der Waals surface area contributed by atoms with E-state index in [-0.39, 0.29) is 19.3 Å². The lowest BCUT2D eigenvalue weighted by Crippen LogP contribution is -2.42. The number of nitrogens with zero attached hydrogens (tertiary/aromatic N) is 1. The number of hydrogen-bond donors (Lipinski definition) is 3. The van der Waals surface area contributed by atoms with Crippen molar-refractivity contribution in [3.63, 3.8) is 0 Å². The molecule has 0 radical (unpaired) electrons. The molecule has 38 heavy (non-hydrogen) atoms. The van der Waals surface area contributed by atoms with Gasteiger partial charge in [0.1, 0.15) is 23.3 Å². The number of aromatic amines is 1. The van der Waals surface area contributed by atoms with E-state index in [0.717, 1.165) is 16.8 Å². The van der Waals surface area contributed by atoms with E-state index in [4.69, 9.17) is 19.3 Å². The van der Waals surface area contributed by atoms with Crippen LogP contribution in [-0.4, -0.2) is 59.2 Å². The summed E-state index contributed by atoms with van der Waals surface area (Å²) in [6, 6.07) is 20.5. The van der Waals surface area contributed by atoms with Crippen LogP contribution in [0, 0.1) is 6.92 Å². The van der Waals surface area contributed by atoms with E-state index in [1.165, 1.54) is 16.5 Å². The van der Waals surface area contributed by atoms with Crippen LogP contribution in [0.3, 0.4) is 0 Å². The second-order valence-corrected chi connectivity index (χ2v) is 9.50. The van der Waals surface area contributed by atoms with Crippen LogP contribution in [0.4, 0.5) is 4.79 Å². The van der Waals surface area contributed by atoms with Crippen LogP contribution in [-0.2, 0) is 6.42 Å². The molecule has 198 valence electrons. The van der Waals surface area contributed by atoms with Crippen molar-refractivity contribution in [2.24, 2.45) is 0 Å². The number of benzene rings is 3. The molecule has 8 heteroatoms. The Balaban J connectivity index is 1.45. The molecule has 3 aromatic carbocycles. The molecule has 8 nitrogen and oxygen atoms in total. The zero-order valence-electron chi connectivity index (χ0n) is 21.5.